The van der Waals surface area contributed by atoms with Gasteiger partial charge in [0.25, 0.3) is 0 Å². The Bertz CT molecular complexity index is 1050. The lowest BCUT2D eigenvalue weighted by atomic mass is 9.81. The van der Waals surface area contributed by atoms with Crippen LogP contribution in [0.2, 0.25) is 0 Å². The van der Waals surface area contributed by atoms with Crippen LogP contribution in [0.3, 0.4) is 0 Å². The molecule has 0 aromatic rings. The van der Waals surface area contributed by atoms with E-state index in [0.29, 0.717) is 12.6 Å². The summed E-state index contributed by atoms with van der Waals surface area (Å²) < 4.78 is 5.66. The quantitative estimate of drug-likeness (QED) is 0.253. The molecule has 4 atom stereocenters. The fraction of sp³-hybridized carbons (Fsp3) is 0.519. The van der Waals surface area contributed by atoms with Gasteiger partial charge in [-0.15, -0.1) is 0 Å². The van der Waals surface area contributed by atoms with Crippen molar-refractivity contribution in [2.45, 2.75) is 64.2 Å². The van der Waals surface area contributed by atoms with E-state index in [1.165, 1.54) is 11.1 Å². The number of guanidine groups is 1. The molecule has 35 heavy (non-hydrogen) atoms. The number of methoxy groups -OCH3 is 1. The highest BCUT2D eigenvalue weighted by Crippen LogP contribution is 2.37. The molecule has 4 N–H and O–H groups in total. The molecule has 4 aliphatic rings. The van der Waals surface area contributed by atoms with Crippen LogP contribution in [0.15, 0.2) is 74.4 Å². The van der Waals surface area contributed by atoms with Crippen LogP contribution in [0.1, 0.15) is 46.0 Å². The number of dihydropyridines is 1. The van der Waals surface area contributed by atoms with Crippen molar-refractivity contribution in [3.63, 3.8) is 0 Å². The second-order valence-corrected chi connectivity index (χ2v) is 9.30. The predicted molar refractivity (Wildman–Crippen MR) is 142 cm³/mol. The fourth-order valence-electron chi connectivity index (χ4n) is 5.39. The number of hydrogen-bond donors (Lipinski definition) is 3. The van der Waals surface area contributed by atoms with Gasteiger partial charge >= 0.3 is 0 Å². The molecule has 0 spiro atoms. The number of fused-ring (bicyclic) bond motifs is 2. The maximum absolute atomic E-state index is 6.21. The number of ether oxygens (including phenoxy) is 1. The molecule has 0 amide bonds. The summed E-state index contributed by atoms with van der Waals surface area (Å²) in [6.07, 6.45) is 10.6. The van der Waals surface area contributed by atoms with Gasteiger partial charge in [0.2, 0.25) is 5.96 Å². The monoisotopic (exact) mass is 478 g/mol. The Balaban J connectivity index is 1.58. The molecule has 1 aliphatic carbocycles. The molecule has 0 aromatic heterocycles. The number of nitrogens with one attached hydrogen (secondary N) is 2. The number of nitrogens with zero attached hydrogens (tertiary/aromatic N) is 3. The SMILES string of the molecule is C=C/C(OC)=C(\C[C@H]1C[C@H]2C(C3=C4CCC=CC4=NCC3)=NC(N)=NC2N1)C(=C)[C@H](C)NOCC. The van der Waals surface area contributed by atoms with Gasteiger partial charge < -0.3 is 15.3 Å². The second-order valence-electron chi connectivity index (χ2n) is 9.30. The van der Waals surface area contributed by atoms with Crippen molar-refractivity contribution in [3.8, 4) is 0 Å². The van der Waals surface area contributed by atoms with Crippen molar-refractivity contribution in [2.24, 2.45) is 26.6 Å². The zero-order valence-electron chi connectivity index (χ0n) is 21.1. The second kappa shape index (κ2) is 11.3. The zero-order chi connectivity index (χ0) is 24.9. The third kappa shape index (κ3) is 5.39. The maximum Gasteiger partial charge on any atom is 0.217 e. The highest BCUT2D eigenvalue weighted by atomic mass is 16.6. The van der Waals surface area contributed by atoms with E-state index in [0.717, 1.165) is 67.0 Å². The first-order valence-electron chi connectivity index (χ1n) is 12.5. The smallest absolute Gasteiger partial charge is 0.217 e. The summed E-state index contributed by atoms with van der Waals surface area (Å²) in [4.78, 5) is 19.6. The Morgan fingerprint density at radius 3 is 2.94 bits per heavy atom. The minimum atomic E-state index is -0.0923. The minimum Gasteiger partial charge on any atom is -0.496 e. The normalized spacial score (nSPS) is 27.2. The molecule has 1 saturated heterocycles. The molecule has 0 bridgehead atoms. The number of hydrogen-bond acceptors (Lipinski definition) is 8. The minimum absolute atomic E-state index is 0.0734. The molecule has 3 heterocycles. The van der Waals surface area contributed by atoms with E-state index >= 15 is 0 Å². The van der Waals surface area contributed by atoms with E-state index in [4.69, 9.17) is 25.3 Å². The molecule has 0 aromatic carbocycles. The van der Waals surface area contributed by atoms with Crippen LogP contribution >= 0.6 is 0 Å². The summed E-state index contributed by atoms with van der Waals surface area (Å²) in [7, 11) is 1.66. The zero-order valence-corrected chi connectivity index (χ0v) is 21.1. The van der Waals surface area contributed by atoms with Gasteiger partial charge in [-0.3, -0.25) is 10.3 Å². The van der Waals surface area contributed by atoms with Crippen LogP contribution in [-0.2, 0) is 9.57 Å². The molecule has 0 saturated carbocycles. The Labute approximate surface area is 208 Å². The van der Waals surface area contributed by atoms with Gasteiger partial charge in [0.15, 0.2) is 0 Å². The molecule has 8 nitrogen and oxygen atoms in total. The lowest BCUT2D eigenvalue weighted by Crippen LogP contribution is -2.39. The van der Waals surface area contributed by atoms with Crippen molar-refractivity contribution in [2.75, 3.05) is 20.3 Å². The van der Waals surface area contributed by atoms with Crippen LogP contribution in [0.25, 0.3) is 0 Å². The summed E-state index contributed by atoms with van der Waals surface area (Å²) in [5.41, 5.74) is 16.0. The lowest BCUT2D eigenvalue weighted by Gasteiger charge is -2.29. The number of rotatable bonds is 10. The maximum atomic E-state index is 6.21. The number of nitrogens with two attached hydrogens (primary N) is 1. The van der Waals surface area contributed by atoms with E-state index in [1.807, 2.05) is 13.8 Å². The Hall–Kier alpha value is -2.81. The van der Waals surface area contributed by atoms with E-state index in [1.54, 1.807) is 13.2 Å². The van der Waals surface area contributed by atoms with E-state index in [9.17, 15) is 0 Å². The highest BCUT2D eigenvalue weighted by Gasteiger charge is 2.41. The topological polar surface area (TPSA) is 106 Å². The van der Waals surface area contributed by atoms with Crippen LogP contribution < -0.4 is 16.5 Å². The van der Waals surface area contributed by atoms with E-state index in [2.05, 4.69) is 41.1 Å². The van der Waals surface area contributed by atoms with Crippen molar-refractivity contribution < 1.29 is 9.57 Å². The van der Waals surface area contributed by atoms with Crippen LogP contribution in [0.4, 0.5) is 0 Å². The molecule has 1 fully saturated rings. The van der Waals surface area contributed by atoms with Gasteiger partial charge in [0.1, 0.15) is 11.9 Å². The van der Waals surface area contributed by atoms with Crippen LogP contribution in [0, 0.1) is 5.92 Å². The molecule has 3 aliphatic heterocycles. The molecule has 0 radical (unpaired) electrons. The molecule has 8 heteroatoms. The van der Waals surface area contributed by atoms with E-state index in [-0.39, 0.29) is 24.2 Å². The molecule has 188 valence electrons. The number of aliphatic imine (C=N–C) groups is 3. The Morgan fingerprint density at radius 2 is 2.20 bits per heavy atom. The van der Waals surface area contributed by atoms with Crippen LogP contribution in [-0.4, -0.2) is 55.9 Å². The summed E-state index contributed by atoms with van der Waals surface area (Å²) in [5, 5.41) is 3.70. The number of hydroxylamine groups is 1. The van der Waals surface area contributed by atoms with Crippen molar-refractivity contribution in [1.29, 1.82) is 0 Å². The Kier molecular flexibility index (Phi) is 8.15. The first-order chi connectivity index (χ1) is 17.0. The molecule has 1 unspecified atom stereocenters. The average molecular weight is 479 g/mol. The predicted octanol–water partition coefficient (Wildman–Crippen LogP) is 3.51. The average Bonchev–Trinajstić information content (AvgIpc) is 3.28. The largest absolute Gasteiger partial charge is 0.496 e. The fourth-order valence-corrected chi connectivity index (χ4v) is 5.39. The third-order valence-corrected chi connectivity index (χ3v) is 7.11. The van der Waals surface area contributed by atoms with Gasteiger partial charge in [-0.1, -0.05) is 19.2 Å². The van der Waals surface area contributed by atoms with Gasteiger partial charge in [0, 0.05) is 18.5 Å². The van der Waals surface area contributed by atoms with Gasteiger partial charge in [-0.25, -0.2) is 9.98 Å². The van der Waals surface area contributed by atoms with Crippen molar-refractivity contribution >= 4 is 17.4 Å². The standard InChI is InChI=1S/C27H38N6O2/c1-6-24(34-5)21(16(3)17(4)33-35-7-2)14-18-15-22-25(31-27(28)32-26(22)30-18)20-12-13-29-23-11-9-8-10-19(20)23/h6,9,11,17-18,22,26,30,33H,1,3,7-8,10,12-15H2,2,4-5H3,(H2,28,32)/b24-21-/t17-,18-,22-,26?/m0/s1. The molecule has 4 rings (SSSR count). The van der Waals surface area contributed by atoms with Crippen LogP contribution in [0.5, 0.6) is 0 Å². The molecular formula is C27H38N6O2. The van der Waals surface area contributed by atoms with Gasteiger partial charge in [-0.05, 0) is 80.4 Å². The highest BCUT2D eigenvalue weighted by molar-refractivity contribution is 6.18. The van der Waals surface area contributed by atoms with Crippen molar-refractivity contribution in [3.05, 3.63) is 59.4 Å². The number of allylic oxidation sites excluding steroid dienone is 4. The van der Waals surface area contributed by atoms with Crippen molar-refractivity contribution in [1.82, 2.24) is 10.8 Å². The summed E-state index contributed by atoms with van der Waals surface area (Å²) >= 11 is 0. The summed E-state index contributed by atoms with van der Waals surface area (Å²) in [6.45, 7) is 13.6. The lowest BCUT2D eigenvalue weighted by molar-refractivity contribution is 0.0371. The van der Waals surface area contributed by atoms with Gasteiger partial charge in [0.05, 0.1) is 31.2 Å². The third-order valence-electron chi connectivity index (χ3n) is 7.11. The first kappa shape index (κ1) is 25.3. The summed E-state index contributed by atoms with van der Waals surface area (Å²) in [5.74, 6) is 1.24. The summed E-state index contributed by atoms with van der Waals surface area (Å²) in [6, 6.07) is 0.0883. The Morgan fingerprint density at radius 1 is 1.37 bits per heavy atom. The molecular weight excluding hydrogens is 440 g/mol. The first-order valence-corrected chi connectivity index (χ1v) is 12.5. The van der Waals surface area contributed by atoms with Gasteiger partial charge in [-0.2, -0.15) is 5.48 Å². The van der Waals surface area contributed by atoms with E-state index < -0.39 is 0 Å².